The van der Waals surface area contributed by atoms with Crippen molar-refractivity contribution in [2.75, 3.05) is 39.1 Å². The minimum absolute atomic E-state index is 0.326. The zero-order chi connectivity index (χ0) is 23.5. The first-order valence-corrected chi connectivity index (χ1v) is 10.1. The molecular weight excluding hydrogens is 426 g/mol. The Hall–Kier alpha value is -4.21. The molecule has 2 aromatic carbocycles. The minimum Gasteiger partial charge on any atom is -0.496 e. The molecule has 172 valence electrons. The van der Waals surface area contributed by atoms with Gasteiger partial charge in [-0.3, -0.25) is 4.79 Å². The normalized spacial score (nSPS) is 14.8. The Morgan fingerprint density at radius 3 is 2.33 bits per heavy atom. The van der Waals surface area contributed by atoms with E-state index >= 15 is 0 Å². The second kappa shape index (κ2) is 9.11. The molecule has 0 fully saturated rings. The summed E-state index contributed by atoms with van der Waals surface area (Å²) in [6.45, 7) is 1.82. The lowest BCUT2D eigenvalue weighted by Crippen LogP contribution is -2.31. The molecule has 10 heteroatoms. The molecule has 10 nitrogen and oxygen atoms in total. The van der Waals surface area contributed by atoms with Gasteiger partial charge in [-0.2, -0.15) is 10.1 Å². The summed E-state index contributed by atoms with van der Waals surface area (Å²) in [6.07, 6.45) is 1.43. The molecule has 3 aromatic rings. The standard InChI is InChI=1S/C23H25N5O5/c1-13-20(22(29)27-15-8-6-7-9-16(15)30-2)21(28-23(26-13)24-12-25-28)14-10-18(32-4)19(33-5)11-17(14)31-3/h6-12,21H,1-5H3,(H,27,29)(H,24,25,26). The van der Waals surface area contributed by atoms with Crippen LogP contribution in [0.25, 0.3) is 0 Å². The fraction of sp³-hybridized carbons (Fsp3) is 0.261. The Balaban J connectivity index is 1.86. The summed E-state index contributed by atoms with van der Waals surface area (Å²) < 4.78 is 23.6. The number of anilines is 2. The van der Waals surface area contributed by atoms with Gasteiger partial charge < -0.3 is 29.6 Å². The van der Waals surface area contributed by atoms with E-state index in [0.717, 1.165) is 0 Å². The van der Waals surface area contributed by atoms with E-state index in [9.17, 15) is 4.79 Å². The molecule has 2 N–H and O–H groups in total. The molecule has 33 heavy (non-hydrogen) atoms. The van der Waals surface area contributed by atoms with Gasteiger partial charge >= 0.3 is 0 Å². The molecule has 1 aromatic heterocycles. The van der Waals surface area contributed by atoms with Gasteiger partial charge in [0.2, 0.25) is 5.95 Å². The van der Waals surface area contributed by atoms with Crippen LogP contribution in [0.1, 0.15) is 18.5 Å². The summed E-state index contributed by atoms with van der Waals surface area (Å²) in [5, 5.41) is 10.5. The van der Waals surface area contributed by atoms with Crippen LogP contribution in [0.4, 0.5) is 11.6 Å². The largest absolute Gasteiger partial charge is 0.496 e. The number of methoxy groups -OCH3 is 4. The number of benzene rings is 2. The van der Waals surface area contributed by atoms with Gasteiger partial charge in [-0.1, -0.05) is 12.1 Å². The highest BCUT2D eigenvalue weighted by Crippen LogP contribution is 2.44. The van der Waals surface area contributed by atoms with Crippen molar-refractivity contribution in [2.45, 2.75) is 13.0 Å². The van der Waals surface area contributed by atoms with Crippen molar-refractivity contribution >= 4 is 17.5 Å². The molecule has 1 aliphatic heterocycles. The highest BCUT2D eigenvalue weighted by Gasteiger charge is 2.36. The van der Waals surface area contributed by atoms with Gasteiger partial charge in [0.25, 0.3) is 5.91 Å². The number of aromatic nitrogens is 3. The Morgan fingerprint density at radius 2 is 1.64 bits per heavy atom. The number of nitrogens with zero attached hydrogens (tertiary/aromatic N) is 3. The van der Waals surface area contributed by atoms with Crippen LogP contribution in [0.3, 0.4) is 0 Å². The summed E-state index contributed by atoms with van der Waals surface area (Å²) in [4.78, 5) is 17.9. The summed E-state index contributed by atoms with van der Waals surface area (Å²) >= 11 is 0. The summed E-state index contributed by atoms with van der Waals surface area (Å²) in [6, 6.07) is 10.1. The van der Waals surface area contributed by atoms with Gasteiger partial charge in [0.1, 0.15) is 23.9 Å². The number of rotatable bonds is 7. The van der Waals surface area contributed by atoms with Gasteiger partial charge in [0.15, 0.2) is 11.5 Å². The third-order valence-corrected chi connectivity index (χ3v) is 5.42. The van der Waals surface area contributed by atoms with Gasteiger partial charge in [-0.15, -0.1) is 0 Å². The van der Waals surface area contributed by atoms with Crippen LogP contribution < -0.4 is 29.6 Å². The predicted molar refractivity (Wildman–Crippen MR) is 122 cm³/mol. The number of para-hydroxylation sites is 2. The monoisotopic (exact) mass is 451 g/mol. The second-order valence-electron chi connectivity index (χ2n) is 7.20. The number of nitrogens with one attached hydrogen (secondary N) is 2. The number of allylic oxidation sites excluding steroid dienone is 1. The Labute approximate surface area is 191 Å². The van der Waals surface area contributed by atoms with Crippen molar-refractivity contribution in [3.8, 4) is 23.0 Å². The number of carbonyl (C=O) groups is 1. The molecule has 0 saturated heterocycles. The third-order valence-electron chi connectivity index (χ3n) is 5.42. The first-order valence-electron chi connectivity index (χ1n) is 10.1. The molecule has 1 unspecified atom stereocenters. The maximum Gasteiger partial charge on any atom is 0.255 e. The van der Waals surface area contributed by atoms with Crippen LogP contribution in [0.2, 0.25) is 0 Å². The molecule has 0 radical (unpaired) electrons. The first-order chi connectivity index (χ1) is 16.0. The number of amides is 1. The van der Waals surface area contributed by atoms with Gasteiger partial charge in [0.05, 0.1) is 39.7 Å². The van der Waals surface area contributed by atoms with Crippen molar-refractivity contribution in [3.05, 3.63) is 59.6 Å². The van der Waals surface area contributed by atoms with Gasteiger partial charge in [-0.05, 0) is 25.1 Å². The Morgan fingerprint density at radius 1 is 0.970 bits per heavy atom. The summed E-state index contributed by atoms with van der Waals surface area (Å²) in [7, 11) is 6.21. The number of carbonyl (C=O) groups excluding carboxylic acids is 1. The zero-order valence-electron chi connectivity index (χ0n) is 19.0. The van der Waals surface area contributed by atoms with E-state index in [-0.39, 0.29) is 5.91 Å². The van der Waals surface area contributed by atoms with Crippen molar-refractivity contribution in [2.24, 2.45) is 0 Å². The fourth-order valence-corrected chi connectivity index (χ4v) is 3.88. The van der Waals surface area contributed by atoms with Crippen LogP contribution >= 0.6 is 0 Å². The van der Waals surface area contributed by atoms with E-state index in [0.29, 0.717) is 51.5 Å². The second-order valence-corrected chi connectivity index (χ2v) is 7.20. The summed E-state index contributed by atoms with van der Waals surface area (Å²) in [5.41, 5.74) is 2.27. The van der Waals surface area contributed by atoms with Crippen LogP contribution in [0.15, 0.2) is 54.0 Å². The van der Waals surface area contributed by atoms with E-state index in [1.165, 1.54) is 6.33 Å². The highest BCUT2D eigenvalue weighted by atomic mass is 16.5. The molecule has 0 aliphatic carbocycles. The highest BCUT2D eigenvalue weighted by molar-refractivity contribution is 6.06. The van der Waals surface area contributed by atoms with Gasteiger partial charge in [-0.25, -0.2) is 4.68 Å². The van der Waals surface area contributed by atoms with Crippen LogP contribution in [-0.2, 0) is 4.79 Å². The van der Waals surface area contributed by atoms with Crippen molar-refractivity contribution < 1.29 is 23.7 Å². The average molecular weight is 451 g/mol. The number of hydrogen-bond acceptors (Lipinski definition) is 8. The van der Waals surface area contributed by atoms with Crippen LogP contribution in [-0.4, -0.2) is 49.1 Å². The predicted octanol–water partition coefficient (Wildman–Crippen LogP) is 3.24. The summed E-state index contributed by atoms with van der Waals surface area (Å²) in [5.74, 6) is 2.24. The van der Waals surface area contributed by atoms with Crippen LogP contribution in [0, 0.1) is 0 Å². The topological polar surface area (TPSA) is 109 Å². The quantitative estimate of drug-likeness (QED) is 0.564. The van der Waals surface area contributed by atoms with E-state index in [2.05, 4.69) is 20.7 Å². The Kier molecular flexibility index (Phi) is 6.07. The van der Waals surface area contributed by atoms with E-state index < -0.39 is 6.04 Å². The zero-order valence-corrected chi connectivity index (χ0v) is 19.0. The van der Waals surface area contributed by atoms with Crippen molar-refractivity contribution in [1.29, 1.82) is 0 Å². The third kappa shape index (κ3) is 3.91. The average Bonchev–Trinajstić information content (AvgIpc) is 3.30. The fourth-order valence-electron chi connectivity index (χ4n) is 3.88. The van der Waals surface area contributed by atoms with Crippen molar-refractivity contribution in [1.82, 2.24) is 14.8 Å². The maximum atomic E-state index is 13.6. The molecule has 1 atom stereocenters. The molecule has 4 rings (SSSR count). The van der Waals surface area contributed by atoms with Crippen molar-refractivity contribution in [3.63, 3.8) is 0 Å². The molecule has 1 amide bonds. The van der Waals surface area contributed by atoms with Crippen LogP contribution in [0.5, 0.6) is 23.0 Å². The Bertz CT molecular complexity index is 1220. The molecule has 0 bridgehead atoms. The van der Waals surface area contributed by atoms with Gasteiger partial charge in [0, 0.05) is 17.3 Å². The lowest BCUT2D eigenvalue weighted by molar-refractivity contribution is -0.113. The lowest BCUT2D eigenvalue weighted by atomic mass is 9.93. The number of ether oxygens (including phenoxy) is 4. The number of fused-ring (bicyclic) bond motifs is 1. The SMILES string of the molecule is COc1ccccc1NC(=O)C1=C(C)Nc2ncnn2C1c1cc(OC)c(OC)cc1OC. The van der Waals surface area contributed by atoms with E-state index in [4.69, 9.17) is 18.9 Å². The minimum atomic E-state index is -0.645. The van der Waals surface area contributed by atoms with E-state index in [1.807, 2.05) is 19.1 Å². The first kappa shape index (κ1) is 22.0. The molecule has 0 saturated carbocycles. The molecular formula is C23H25N5O5. The van der Waals surface area contributed by atoms with E-state index in [1.54, 1.807) is 57.4 Å². The molecule has 0 spiro atoms. The number of hydrogen-bond donors (Lipinski definition) is 2. The molecule has 2 heterocycles. The lowest BCUT2D eigenvalue weighted by Gasteiger charge is -2.30. The molecule has 1 aliphatic rings. The maximum absolute atomic E-state index is 13.6. The smallest absolute Gasteiger partial charge is 0.255 e.